The maximum atomic E-state index is 12.2. The number of nitrogens with one attached hydrogen (secondary N) is 3. The Kier molecular flexibility index (Phi) is 9.62. The van der Waals surface area contributed by atoms with Crippen molar-refractivity contribution in [3.05, 3.63) is 52.9 Å². The van der Waals surface area contributed by atoms with Crippen LogP contribution in [0.4, 0.5) is 34.5 Å². The zero-order valence-electron chi connectivity index (χ0n) is 26.5. The summed E-state index contributed by atoms with van der Waals surface area (Å²) in [7, 11) is -1.97. The third kappa shape index (κ3) is 7.34. The van der Waals surface area contributed by atoms with E-state index >= 15 is 0 Å². The van der Waals surface area contributed by atoms with E-state index in [0.717, 1.165) is 57.4 Å². The van der Waals surface area contributed by atoms with Gasteiger partial charge in [-0.2, -0.15) is 10.2 Å². The highest BCUT2D eigenvalue weighted by Crippen LogP contribution is 2.38. The Hall–Kier alpha value is -4.26. The lowest BCUT2D eigenvalue weighted by atomic mass is 9.91. The van der Waals surface area contributed by atoms with Crippen LogP contribution in [0.1, 0.15) is 31.7 Å². The molecule has 2 saturated heterocycles. The van der Waals surface area contributed by atoms with Crippen molar-refractivity contribution in [3.8, 4) is 11.8 Å². The second kappa shape index (κ2) is 13.8. The topological polar surface area (TPSA) is 161 Å². The lowest BCUT2D eigenvalue weighted by molar-refractivity contribution is 0.0435. The number of piperidine rings is 1. The molecule has 0 bridgehead atoms. The minimum absolute atomic E-state index is 0.264. The average Bonchev–Trinajstić information content (AvgIpc) is 3.04. The van der Waals surface area contributed by atoms with E-state index in [1.807, 2.05) is 0 Å². The van der Waals surface area contributed by atoms with Crippen LogP contribution in [0.2, 0.25) is 0 Å². The predicted molar refractivity (Wildman–Crippen MR) is 187 cm³/mol. The number of nitriles is 1. The highest BCUT2D eigenvalue weighted by molar-refractivity contribution is 9.10. The van der Waals surface area contributed by atoms with E-state index in [9.17, 15) is 8.42 Å². The first-order valence-corrected chi connectivity index (χ1v) is 18.2. The number of methoxy groups -OCH3 is 1. The number of benzene rings is 2. The van der Waals surface area contributed by atoms with Crippen molar-refractivity contribution < 1.29 is 13.2 Å². The SMILES string of the molecule is CCc1cc(Nc2ncc(Br)c(Nc3ccc4nccnc4c3NS(C)(=O)=O)n2)c(OC)cc1N1CCC(N2CC(CC#N)C2)CC1. The van der Waals surface area contributed by atoms with Crippen LogP contribution >= 0.6 is 15.9 Å². The molecule has 0 amide bonds. The molecule has 0 spiro atoms. The molecule has 3 N–H and O–H groups in total. The number of hydrogen-bond acceptors (Lipinski definition) is 12. The van der Waals surface area contributed by atoms with Crippen LogP contribution in [0, 0.1) is 17.2 Å². The van der Waals surface area contributed by atoms with Crippen molar-refractivity contribution in [2.45, 2.75) is 38.6 Å². The van der Waals surface area contributed by atoms with Gasteiger partial charge in [0.05, 0.1) is 46.5 Å². The van der Waals surface area contributed by atoms with Crippen molar-refractivity contribution in [1.82, 2.24) is 24.8 Å². The molecule has 6 rings (SSSR count). The summed E-state index contributed by atoms with van der Waals surface area (Å²) < 4.78 is 33.5. The Morgan fingerprint density at radius 1 is 1.09 bits per heavy atom. The van der Waals surface area contributed by atoms with Gasteiger partial charge in [0.15, 0.2) is 0 Å². The third-order valence-electron chi connectivity index (χ3n) is 8.64. The van der Waals surface area contributed by atoms with Crippen LogP contribution in [0.15, 0.2) is 47.3 Å². The molecule has 0 atom stereocenters. The minimum atomic E-state index is -3.62. The number of aryl methyl sites for hydroxylation is 1. The molecule has 0 aliphatic carbocycles. The molecule has 246 valence electrons. The summed E-state index contributed by atoms with van der Waals surface area (Å²) in [6.07, 6.45) is 9.45. The quantitative estimate of drug-likeness (QED) is 0.181. The van der Waals surface area contributed by atoms with Crippen LogP contribution in [-0.2, 0) is 16.4 Å². The fraction of sp³-hybridized carbons (Fsp3) is 0.406. The number of rotatable bonds is 11. The van der Waals surface area contributed by atoms with Gasteiger partial charge in [0.25, 0.3) is 0 Å². The number of likely N-dealkylation sites (tertiary alicyclic amines) is 1. The number of sulfonamides is 1. The van der Waals surface area contributed by atoms with Gasteiger partial charge in [0, 0.05) is 69.0 Å². The summed E-state index contributed by atoms with van der Waals surface area (Å²) in [4.78, 5) is 22.8. The zero-order valence-corrected chi connectivity index (χ0v) is 28.9. The monoisotopic (exact) mass is 720 g/mol. The average molecular weight is 722 g/mol. The summed E-state index contributed by atoms with van der Waals surface area (Å²) in [6.45, 7) is 6.16. The first kappa shape index (κ1) is 32.7. The number of aromatic nitrogens is 4. The molecule has 47 heavy (non-hydrogen) atoms. The minimum Gasteiger partial charge on any atom is -0.494 e. The molecule has 13 nitrogen and oxygen atoms in total. The van der Waals surface area contributed by atoms with Gasteiger partial charge in [-0.1, -0.05) is 6.92 Å². The molecule has 2 aliphatic heterocycles. The summed E-state index contributed by atoms with van der Waals surface area (Å²) in [5.74, 6) is 1.94. The Balaban J connectivity index is 1.21. The Morgan fingerprint density at radius 2 is 1.85 bits per heavy atom. The molecule has 0 unspecified atom stereocenters. The molecule has 2 fully saturated rings. The first-order valence-electron chi connectivity index (χ1n) is 15.5. The van der Waals surface area contributed by atoms with Crippen molar-refractivity contribution in [1.29, 1.82) is 5.26 Å². The summed E-state index contributed by atoms with van der Waals surface area (Å²) >= 11 is 3.52. The van der Waals surface area contributed by atoms with Gasteiger partial charge in [0.2, 0.25) is 16.0 Å². The summed E-state index contributed by atoms with van der Waals surface area (Å²) in [6, 6.07) is 10.5. The van der Waals surface area contributed by atoms with E-state index in [0.29, 0.717) is 57.1 Å². The largest absolute Gasteiger partial charge is 0.494 e. The van der Waals surface area contributed by atoms with E-state index in [1.54, 1.807) is 31.6 Å². The predicted octanol–water partition coefficient (Wildman–Crippen LogP) is 5.43. The Labute approximate surface area is 283 Å². The van der Waals surface area contributed by atoms with Gasteiger partial charge in [0.1, 0.15) is 17.1 Å². The maximum Gasteiger partial charge on any atom is 0.229 e. The normalized spacial score (nSPS) is 16.0. The van der Waals surface area contributed by atoms with Crippen LogP contribution in [0.25, 0.3) is 11.0 Å². The molecule has 2 aliphatic rings. The highest BCUT2D eigenvalue weighted by atomic mass is 79.9. The van der Waals surface area contributed by atoms with Crippen molar-refractivity contribution in [2.24, 2.45) is 5.92 Å². The fourth-order valence-electron chi connectivity index (χ4n) is 6.29. The van der Waals surface area contributed by atoms with Crippen LogP contribution in [-0.4, -0.2) is 78.8 Å². The Morgan fingerprint density at radius 3 is 2.55 bits per heavy atom. The number of nitrogens with zero attached hydrogens (tertiary/aromatic N) is 7. The number of anilines is 6. The highest BCUT2D eigenvalue weighted by Gasteiger charge is 2.34. The van der Waals surface area contributed by atoms with Gasteiger partial charge >= 0.3 is 0 Å². The fourth-order valence-corrected chi connectivity index (χ4v) is 7.16. The molecule has 0 saturated carbocycles. The van der Waals surface area contributed by atoms with E-state index in [2.05, 4.69) is 81.2 Å². The van der Waals surface area contributed by atoms with Crippen molar-refractivity contribution in [3.63, 3.8) is 0 Å². The summed E-state index contributed by atoms with van der Waals surface area (Å²) in [5, 5.41) is 15.5. The van der Waals surface area contributed by atoms with E-state index < -0.39 is 10.0 Å². The molecule has 4 heterocycles. The summed E-state index contributed by atoms with van der Waals surface area (Å²) in [5.41, 5.74) is 4.75. The standard InChI is InChI=1S/C32H37BrN10O3S/c1-4-21-15-26(28(46-2)16-27(21)42-13-8-22(9-14-42)43-18-20(19-43)7-10-34)39-32-37-17-23(33)31(40-32)38-25-6-5-24-29(36-12-11-35-24)30(25)41-47(3,44)45/h5-6,11-12,15-17,20,22,41H,4,7-9,13-14,18-19H2,1-3H3,(H2,37,38,39,40). The maximum absolute atomic E-state index is 12.2. The van der Waals surface area contributed by atoms with E-state index in [1.165, 1.54) is 17.4 Å². The first-order chi connectivity index (χ1) is 22.6. The third-order valence-corrected chi connectivity index (χ3v) is 9.80. The number of ether oxygens (including phenoxy) is 1. The molecule has 0 radical (unpaired) electrons. The lowest BCUT2D eigenvalue weighted by Crippen LogP contribution is -2.55. The lowest BCUT2D eigenvalue weighted by Gasteiger charge is -2.47. The van der Waals surface area contributed by atoms with Gasteiger partial charge in [-0.05, 0) is 64.9 Å². The van der Waals surface area contributed by atoms with Crippen LogP contribution in [0.5, 0.6) is 5.75 Å². The molecule has 2 aromatic carbocycles. The van der Waals surface area contributed by atoms with Gasteiger partial charge < -0.3 is 20.3 Å². The second-order valence-electron chi connectivity index (χ2n) is 11.9. The number of halogens is 1. The second-order valence-corrected chi connectivity index (χ2v) is 14.5. The van der Waals surface area contributed by atoms with Crippen molar-refractivity contribution >= 4 is 71.5 Å². The van der Waals surface area contributed by atoms with Gasteiger partial charge in [-0.15, -0.1) is 0 Å². The number of hydrogen-bond donors (Lipinski definition) is 3. The number of fused-ring (bicyclic) bond motifs is 1. The molecule has 4 aromatic rings. The van der Waals surface area contributed by atoms with Crippen LogP contribution in [0.3, 0.4) is 0 Å². The zero-order chi connectivity index (χ0) is 33.1. The van der Waals surface area contributed by atoms with Crippen molar-refractivity contribution in [2.75, 3.05) is 59.8 Å². The molecular formula is C32H37BrN10O3S. The molecule has 2 aromatic heterocycles. The smallest absolute Gasteiger partial charge is 0.229 e. The Bertz CT molecular complexity index is 1920. The molecular weight excluding hydrogens is 684 g/mol. The van der Waals surface area contributed by atoms with Crippen LogP contribution < -0.4 is 25.0 Å². The van der Waals surface area contributed by atoms with E-state index in [4.69, 9.17) is 15.0 Å². The van der Waals surface area contributed by atoms with Gasteiger partial charge in [-0.25, -0.2) is 13.4 Å². The van der Waals surface area contributed by atoms with Gasteiger partial charge in [-0.3, -0.25) is 19.6 Å². The van der Waals surface area contributed by atoms with E-state index in [-0.39, 0.29) is 5.69 Å². The molecule has 15 heteroatoms.